The predicted octanol–water partition coefficient (Wildman–Crippen LogP) is 4.60. The third-order valence-corrected chi connectivity index (χ3v) is 5.12. The number of benzene rings is 2. The van der Waals surface area contributed by atoms with Crippen molar-refractivity contribution in [1.29, 1.82) is 0 Å². The van der Waals surface area contributed by atoms with Crippen molar-refractivity contribution < 1.29 is 9.59 Å². The molecule has 0 aromatic heterocycles. The lowest BCUT2D eigenvalue weighted by molar-refractivity contribution is -0.117. The van der Waals surface area contributed by atoms with Crippen molar-refractivity contribution in [3.63, 3.8) is 0 Å². The van der Waals surface area contributed by atoms with Gasteiger partial charge in [-0.2, -0.15) is 0 Å². The fourth-order valence-corrected chi connectivity index (χ4v) is 2.91. The van der Waals surface area contributed by atoms with Gasteiger partial charge in [0.2, 0.25) is 5.91 Å². The maximum absolute atomic E-state index is 12.4. The highest BCUT2D eigenvalue weighted by Gasteiger charge is 2.39. The molecule has 2 aromatic carbocycles. The summed E-state index contributed by atoms with van der Waals surface area (Å²) in [6, 6.07) is 12.7. The van der Waals surface area contributed by atoms with Crippen LogP contribution in [0.3, 0.4) is 0 Å². The van der Waals surface area contributed by atoms with E-state index < -0.39 is 0 Å². The Morgan fingerprint density at radius 3 is 2.46 bits per heavy atom. The number of nitrogens with one attached hydrogen (secondary N) is 2. The SMILES string of the molecule is Cc1ccc(NC(=O)c2cccc(NC(=O)C3CC3C)c2)cc1Br. The fraction of sp³-hybridized carbons (Fsp3) is 0.263. The Balaban J connectivity index is 1.69. The van der Waals surface area contributed by atoms with E-state index in [4.69, 9.17) is 0 Å². The van der Waals surface area contributed by atoms with Crippen LogP contribution in [0.15, 0.2) is 46.9 Å². The van der Waals surface area contributed by atoms with Gasteiger partial charge in [0.1, 0.15) is 0 Å². The molecule has 24 heavy (non-hydrogen) atoms. The molecule has 1 aliphatic rings. The summed E-state index contributed by atoms with van der Waals surface area (Å²) in [4.78, 5) is 24.4. The molecule has 4 nitrogen and oxygen atoms in total. The maximum atomic E-state index is 12.4. The Kier molecular flexibility index (Phi) is 4.71. The van der Waals surface area contributed by atoms with E-state index in [9.17, 15) is 9.59 Å². The average molecular weight is 387 g/mol. The molecule has 2 N–H and O–H groups in total. The first-order valence-corrected chi connectivity index (χ1v) is 8.72. The molecule has 2 unspecified atom stereocenters. The Morgan fingerprint density at radius 1 is 1.08 bits per heavy atom. The molecular weight excluding hydrogens is 368 g/mol. The van der Waals surface area contributed by atoms with E-state index in [2.05, 4.69) is 33.5 Å². The smallest absolute Gasteiger partial charge is 0.255 e. The molecule has 1 aliphatic carbocycles. The molecule has 0 aliphatic heterocycles. The zero-order chi connectivity index (χ0) is 17.3. The van der Waals surface area contributed by atoms with Crippen LogP contribution in [-0.4, -0.2) is 11.8 Å². The lowest BCUT2D eigenvalue weighted by Crippen LogP contribution is -2.16. The second-order valence-electron chi connectivity index (χ2n) is 6.31. The number of amides is 2. The summed E-state index contributed by atoms with van der Waals surface area (Å²) in [7, 11) is 0. The normalized spacial score (nSPS) is 18.8. The van der Waals surface area contributed by atoms with E-state index in [0.717, 1.165) is 22.1 Å². The van der Waals surface area contributed by atoms with Gasteiger partial charge in [0.05, 0.1) is 0 Å². The summed E-state index contributed by atoms with van der Waals surface area (Å²) in [6.45, 7) is 4.05. The molecule has 0 spiro atoms. The summed E-state index contributed by atoms with van der Waals surface area (Å²) in [5, 5.41) is 5.75. The quantitative estimate of drug-likeness (QED) is 0.805. The van der Waals surface area contributed by atoms with Crippen molar-refractivity contribution in [2.45, 2.75) is 20.3 Å². The molecule has 0 heterocycles. The van der Waals surface area contributed by atoms with Gasteiger partial charge in [0.15, 0.2) is 0 Å². The Hall–Kier alpha value is -2.14. The molecule has 3 rings (SSSR count). The summed E-state index contributed by atoms with van der Waals surface area (Å²) >= 11 is 3.46. The van der Waals surface area contributed by atoms with E-state index in [1.54, 1.807) is 24.3 Å². The first kappa shape index (κ1) is 16.7. The van der Waals surface area contributed by atoms with Crippen molar-refractivity contribution in [3.8, 4) is 0 Å². The van der Waals surface area contributed by atoms with Gasteiger partial charge in [0.25, 0.3) is 5.91 Å². The van der Waals surface area contributed by atoms with E-state index >= 15 is 0 Å². The number of rotatable bonds is 4. The summed E-state index contributed by atoms with van der Waals surface area (Å²) in [5.41, 5.74) is 2.98. The van der Waals surface area contributed by atoms with Crippen LogP contribution in [-0.2, 0) is 4.79 Å². The van der Waals surface area contributed by atoms with E-state index in [1.807, 2.05) is 25.1 Å². The van der Waals surface area contributed by atoms with Crippen LogP contribution in [0.4, 0.5) is 11.4 Å². The minimum atomic E-state index is -0.207. The van der Waals surface area contributed by atoms with Crippen LogP contribution in [0.2, 0.25) is 0 Å². The maximum Gasteiger partial charge on any atom is 0.255 e. The minimum absolute atomic E-state index is 0.0301. The molecule has 1 fully saturated rings. The van der Waals surface area contributed by atoms with E-state index in [0.29, 0.717) is 17.2 Å². The number of anilines is 2. The average Bonchev–Trinajstić information content (AvgIpc) is 3.28. The highest BCUT2D eigenvalue weighted by molar-refractivity contribution is 9.10. The Bertz CT molecular complexity index is 804. The van der Waals surface area contributed by atoms with Gasteiger partial charge in [-0.25, -0.2) is 0 Å². The second-order valence-corrected chi connectivity index (χ2v) is 7.16. The van der Waals surface area contributed by atoms with Gasteiger partial charge in [0, 0.05) is 27.3 Å². The largest absolute Gasteiger partial charge is 0.326 e. The monoisotopic (exact) mass is 386 g/mol. The molecule has 2 amide bonds. The van der Waals surface area contributed by atoms with Crippen LogP contribution >= 0.6 is 15.9 Å². The molecule has 5 heteroatoms. The highest BCUT2D eigenvalue weighted by Crippen LogP contribution is 2.38. The predicted molar refractivity (Wildman–Crippen MR) is 99.2 cm³/mol. The molecule has 124 valence electrons. The number of halogens is 1. The first-order chi connectivity index (χ1) is 11.4. The van der Waals surface area contributed by atoms with Gasteiger partial charge >= 0.3 is 0 Å². The standard InChI is InChI=1S/C19H19BrN2O2/c1-11-6-7-15(10-17(11)20)21-18(23)13-4-3-5-14(9-13)22-19(24)16-8-12(16)2/h3-7,9-10,12,16H,8H2,1-2H3,(H,21,23)(H,22,24). The zero-order valence-electron chi connectivity index (χ0n) is 13.6. The fourth-order valence-electron chi connectivity index (χ4n) is 2.53. The van der Waals surface area contributed by atoms with Crippen molar-refractivity contribution >= 4 is 39.1 Å². The van der Waals surface area contributed by atoms with Crippen LogP contribution in [0.1, 0.15) is 29.3 Å². The topological polar surface area (TPSA) is 58.2 Å². The van der Waals surface area contributed by atoms with Crippen LogP contribution in [0.5, 0.6) is 0 Å². The molecule has 0 saturated heterocycles. The van der Waals surface area contributed by atoms with Crippen molar-refractivity contribution in [1.82, 2.24) is 0 Å². The van der Waals surface area contributed by atoms with Crippen LogP contribution < -0.4 is 10.6 Å². The molecule has 2 aromatic rings. The molecule has 0 radical (unpaired) electrons. The Labute approximate surface area is 149 Å². The van der Waals surface area contributed by atoms with Crippen LogP contribution in [0, 0.1) is 18.8 Å². The lowest BCUT2D eigenvalue weighted by Gasteiger charge is -2.09. The number of aryl methyl sites for hydroxylation is 1. The van der Waals surface area contributed by atoms with Crippen LogP contribution in [0.25, 0.3) is 0 Å². The van der Waals surface area contributed by atoms with E-state index in [1.165, 1.54) is 0 Å². The molecule has 2 atom stereocenters. The zero-order valence-corrected chi connectivity index (χ0v) is 15.2. The second kappa shape index (κ2) is 6.77. The first-order valence-electron chi connectivity index (χ1n) is 7.92. The number of carbonyl (C=O) groups excluding carboxylic acids is 2. The Morgan fingerprint density at radius 2 is 1.79 bits per heavy atom. The van der Waals surface area contributed by atoms with Gasteiger partial charge in [-0.15, -0.1) is 0 Å². The van der Waals surface area contributed by atoms with Crippen molar-refractivity contribution in [3.05, 3.63) is 58.1 Å². The number of hydrogen-bond donors (Lipinski definition) is 2. The summed E-state index contributed by atoms with van der Waals surface area (Å²) in [5.74, 6) is 0.382. The van der Waals surface area contributed by atoms with Crippen molar-refractivity contribution in [2.24, 2.45) is 11.8 Å². The van der Waals surface area contributed by atoms with Gasteiger partial charge < -0.3 is 10.6 Å². The third kappa shape index (κ3) is 3.85. The van der Waals surface area contributed by atoms with Crippen molar-refractivity contribution in [2.75, 3.05) is 10.6 Å². The van der Waals surface area contributed by atoms with Gasteiger partial charge in [-0.3, -0.25) is 9.59 Å². The lowest BCUT2D eigenvalue weighted by atomic mass is 10.1. The molecular formula is C19H19BrN2O2. The highest BCUT2D eigenvalue weighted by atomic mass is 79.9. The minimum Gasteiger partial charge on any atom is -0.326 e. The molecule has 0 bridgehead atoms. The summed E-state index contributed by atoms with van der Waals surface area (Å²) in [6.07, 6.45) is 0.939. The third-order valence-electron chi connectivity index (χ3n) is 4.27. The number of hydrogen-bond acceptors (Lipinski definition) is 2. The number of carbonyl (C=O) groups is 2. The summed E-state index contributed by atoms with van der Waals surface area (Å²) < 4.78 is 0.944. The molecule has 1 saturated carbocycles. The van der Waals surface area contributed by atoms with Gasteiger partial charge in [-0.1, -0.05) is 35.0 Å². The van der Waals surface area contributed by atoms with Gasteiger partial charge in [-0.05, 0) is 55.2 Å². The van der Waals surface area contributed by atoms with E-state index in [-0.39, 0.29) is 17.7 Å².